The third-order valence-corrected chi connectivity index (χ3v) is 8.15. The molecule has 1 heterocycles. The zero-order valence-corrected chi connectivity index (χ0v) is 23.4. The zero-order valence-electron chi connectivity index (χ0n) is 23.4. The summed E-state index contributed by atoms with van der Waals surface area (Å²) in [5.74, 6) is -0.324. The Bertz CT molecular complexity index is 921. The van der Waals surface area contributed by atoms with Gasteiger partial charge in [0.15, 0.2) is 0 Å². The molecular weight excluding hydrogens is 494 g/mol. The van der Waals surface area contributed by atoms with E-state index in [0.29, 0.717) is 57.5 Å². The van der Waals surface area contributed by atoms with Gasteiger partial charge in [-0.15, -0.1) is 0 Å². The van der Waals surface area contributed by atoms with Crippen molar-refractivity contribution in [2.75, 3.05) is 20.1 Å². The highest BCUT2D eigenvalue weighted by molar-refractivity contribution is 5.94. The summed E-state index contributed by atoms with van der Waals surface area (Å²) in [6, 6.07) is 7.32. The molecule has 216 valence electrons. The first kappa shape index (κ1) is 30.8. The maximum atomic E-state index is 13.7. The first-order valence-corrected chi connectivity index (χ1v) is 14.7. The van der Waals surface area contributed by atoms with Crippen LogP contribution in [0.2, 0.25) is 0 Å². The first-order chi connectivity index (χ1) is 19.0. The molecule has 2 aliphatic rings. The van der Waals surface area contributed by atoms with Crippen LogP contribution in [0.3, 0.4) is 0 Å². The Morgan fingerprint density at radius 3 is 2.41 bits per heavy atom. The number of likely N-dealkylation sites (N-methyl/N-ethyl adjacent to an activating group) is 1. The van der Waals surface area contributed by atoms with Crippen LogP contribution in [0.25, 0.3) is 0 Å². The normalized spacial score (nSPS) is 20.2. The van der Waals surface area contributed by atoms with E-state index in [0.717, 1.165) is 31.1 Å². The van der Waals surface area contributed by atoms with Crippen LogP contribution in [0.4, 0.5) is 0 Å². The van der Waals surface area contributed by atoms with Crippen molar-refractivity contribution < 1.29 is 19.2 Å². The van der Waals surface area contributed by atoms with Gasteiger partial charge in [0.25, 0.3) is 0 Å². The van der Waals surface area contributed by atoms with Crippen molar-refractivity contribution in [1.82, 2.24) is 20.9 Å². The first-order valence-electron chi connectivity index (χ1n) is 14.7. The topological polar surface area (TPSA) is 134 Å². The number of carbonyl (C=O) groups is 4. The molecule has 2 fully saturated rings. The van der Waals surface area contributed by atoms with Gasteiger partial charge in [-0.3, -0.25) is 14.4 Å². The third kappa shape index (κ3) is 9.42. The molecule has 0 unspecified atom stereocenters. The fourth-order valence-electron chi connectivity index (χ4n) is 5.91. The molecule has 3 rings (SSSR count). The minimum Gasteiger partial charge on any atom is -0.345 e. The molecule has 1 aromatic rings. The molecule has 0 bridgehead atoms. The highest BCUT2D eigenvalue weighted by atomic mass is 16.2. The van der Waals surface area contributed by atoms with Crippen molar-refractivity contribution in [3.8, 4) is 0 Å². The lowest BCUT2D eigenvalue weighted by molar-refractivity contribution is -0.142. The zero-order chi connectivity index (χ0) is 28.0. The van der Waals surface area contributed by atoms with E-state index in [1.54, 1.807) is 11.9 Å². The summed E-state index contributed by atoms with van der Waals surface area (Å²) in [6.07, 6.45) is 10.9. The van der Waals surface area contributed by atoms with Crippen molar-refractivity contribution in [3.63, 3.8) is 0 Å². The van der Waals surface area contributed by atoms with E-state index in [2.05, 4.69) is 16.0 Å². The molecule has 0 aromatic heterocycles. The second kappa shape index (κ2) is 16.4. The number of carbonyl (C=O) groups excluding carboxylic acids is 4. The molecule has 39 heavy (non-hydrogen) atoms. The van der Waals surface area contributed by atoms with Crippen molar-refractivity contribution in [2.24, 2.45) is 11.7 Å². The van der Waals surface area contributed by atoms with Gasteiger partial charge in [-0.05, 0) is 70.0 Å². The molecule has 1 aliphatic heterocycles. The van der Waals surface area contributed by atoms with E-state index in [9.17, 15) is 19.2 Å². The Labute approximate surface area is 233 Å². The number of hydrogen-bond donors (Lipinski definition) is 4. The van der Waals surface area contributed by atoms with Crippen LogP contribution < -0.4 is 21.7 Å². The third-order valence-electron chi connectivity index (χ3n) is 8.15. The van der Waals surface area contributed by atoms with Crippen LogP contribution in [0.15, 0.2) is 30.3 Å². The minimum atomic E-state index is -0.742. The summed E-state index contributed by atoms with van der Waals surface area (Å²) in [6.45, 7) is 0.957. The van der Waals surface area contributed by atoms with Gasteiger partial charge in [0.1, 0.15) is 18.4 Å². The molecule has 9 nitrogen and oxygen atoms in total. The summed E-state index contributed by atoms with van der Waals surface area (Å²) >= 11 is 0. The maximum Gasteiger partial charge on any atom is 0.245 e. The van der Waals surface area contributed by atoms with E-state index in [1.165, 1.54) is 19.3 Å². The lowest BCUT2D eigenvalue weighted by Gasteiger charge is -2.31. The van der Waals surface area contributed by atoms with Crippen molar-refractivity contribution >= 4 is 24.0 Å². The SMILES string of the molecule is CN[C@@H](Cc1ccccc1)C(=O)N[C@@H](CCCCN)C(=O)N1CCC[C@H]1C(=O)N[C@@H](C=O)CC1CCCCC1. The Hall–Kier alpha value is -2.78. The standard InChI is InChI=1S/C30H47N5O4/c1-32-26(20-23-13-6-3-7-14-23)28(37)34-25(15-8-9-17-31)30(39)35-18-10-16-27(35)29(38)33-24(21-36)19-22-11-4-2-5-12-22/h3,6-7,13-14,21-22,24-27,32H,2,4-5,8-12,15-20,31H2,1H3,(H,33,38)(H,34,37)/t24-,25+,26+,27+/m1/s1. The summed E-state index contributed by atoms with van der Waals surface area (Å²) in [5.41, 5.74) is 6.70. The fraction of sp³-hybridized carbons (Fsp3) is 0.667. The Morgan fingerprint density at radius 2 is 1.74 bits per heavy atom. The smallest absolute Gasteiger partial charge is 0.245 e. The van der Waals surface area contributed by atoms with E-state index < -0.39 is 24.2 Å². The number of benzene rings is 1. The highest BCUT2D eigenvalue weighted by Gasteiger charge is 2.38. The molecule has 1 aliphatic carbocycles. The lowest BCUT2D eigenvalue weighted by Crippen LogP contribution is -2.57. The van der Waals surface area contributed by atoms with Gasteiger partial charge in [-0.2, -0.15) is 0 Å². The summed E-state index contributed by atoms with van der Waals surface area (Å²) < 4.78 is 0. The van der Waals surface area contributed by atoms with Crippen LogP contribution in [-0.2, 0) is 25.6 Å². The molecule has 1 aromatic carbocycles. The van der Waals surface area contributed by atoms with Crippen LogP contribution in [0.1, 0.15) is 76.2 Å². The molecule has 0 spiro atoms. The van der Waals surface area contributed by atoms with Gasteiger partial charge in [-0.1, -0.05) is 62.4 Å². The van der Waals surface area contributed by atoms with Crippen molar-refractivity contribution in [1.29, 1.82) is 0 Å². The fourth-order valence-corrected chi connectivity index (χ4v) is 5.91. The number of likely N-dealkylation sites (tertiary alicyclic amines) is 1. The van der Waals surface area contributed by atoms with E-state index in [1.807, 2.05) is 30.3 Å². The van der Waals surface area contributed by atoms with Gasteiger partial charge in [0.05, 0.1) is 12.1 Å². The number of amides is 3. The number of unbranched alkanes of at least 4 members (excludes halogenated alkanes) is 1. The average molecular weight is 542 g/mol. The largest absolute Gasteiger partial charge is 0.345 e. The Balaban J connectivity index is 1.65. The number of hydrogen-bond acceptors (Lipinski definition) is 6. The van der Waals surface area contributed by atoms with Gasteiger partial charge in [0.2, 0.25) is 17.7 Å². The quantitative estimate of drug-likeness (QED) is 0.198. The van der Waals surface area contributed by atoms with Gasteiger partial charge < -0.3 is 31.4 Å². The predicted octanol–water partition coefficient (Wildman–Crippen LogP) is 2.08. The van der Waals surface area contributed by atoms with E-state index >= 15 is 0 Å². The molecule has 3 amide bonds. The number of aldehydes is 1. The molecule has 1 saturated carbocycles. The highest BCUT2D eigenvalue weighted by Crippen LogP contribution is 2.27. The van der Waals surface area contributed by atoms with Gasteiger partial charge in [-0.25, -0.2) is 0 Å². The second-order valence-corrected chi connectivity index (χ2v) is 11.1. The number of nitrogens with one attached hydrogen (secondary N) is 3. The number of rotatable bonds is 15. The minimum absolute atomic E-state index is 0.248. The van der Waals surface area contributed by atoms with Gasteiger partial charge in [0, 0.05) is 6.54 Å². The average Bonchev–Trinajstić information content (AvgIpc) is 3.46. The van der Waals surface area contributed by atoms with Crippen LogP contribution in [0, 0.1) is 5.92 Å². The predicted molar refractivity (Wildman–Crippen MR) is 152 cm³/mol. The summed E-state index contributed by atoms with van der Waals surface area (Å²) in [5, 5.41) is 8.95. The molecule has 4 atom stereocenters. The molecule has 1 saturated heterocycles. The summed E-state index contributed by atoms with van der Waals surface area (Å²) in [7, 11) is 1.73. The summed E-state index contributed by atoms with van der Waals surface area (Å²) in [4.78, 5) is 53.6. The molecule has 0 radical (unpaired) electrons. The second-order valence-electron chi connectivity index (χ2n) is 11.1. The molecule has 5 N–H and O–H groups in total. The van der Waals surface area contributed by atoms with Crippen LogP contribution in [-0.4, -0.2) is 73.2 Å². The van der Waals surface area contributed by atoms with Crippen LogP contribution >= 0.6 is 0 Å². The van der Waals surface area contributed by atoms with Crippen molar-refractivity contribution in [3.05, 3.63) is 35.9 Å². The Kier molecular flexibility index (Phi) is 12.9. The van der Waals surface area contributed by atoms with Crippen molar-refractivity contribution in [2.45, 2.75) is 101 Å². The number of nitrogens with zero attached hydrogens (tertiary/aromatic N) is 1. The van der Waals surface area contributed by atoms with E-state index in [4.69, 9.17) is 5.73 Å². The molecule has 9 heteroatoms. The monoisotopic (exact) mass is 541 g/mol. The number of nitrogens with two attached hydrogens (primary N) is 1. The Morgan fingerprint density at radius 1 is 1.00 bits per heavy atom. The molecular formula is C30H47N5O4. The maximum absolute atomic E-state index is 13.7. The lowest BCUT2D eigenvalue weighted by atomic mass is 9.85. The van der Waals surface area contributed by atoms with Crippen LogP contribution in [0.5, 0.6) is 0 Å². The van der Waals surface area contributed by atoms with Gasteiger partial charge >= 0.3 is 0 Å². The van der Waals surface area contributed by atoms with E-state index in [-0.39, 0.29) is 17.7 Å².